The minimum Gasteiger partial charge on any atom is -0.381 e. The van der Waals surface area contributed by atoms with Crippen LogP contribution in [0.25, 0.3) is 0 Å². The van der Waals surface area contributed by atoms with Crippen LogP contribution in [0.4, 0.5) is 5.82 Å². The molecule has 2 rings (SSSR count). The maximum atomic E-state index is 12.6. The third-order valence-electron chi connectivity index (χ3n) is 3.29. The number of imidazole rings is 1. The lowest BCUT2D eigenvalue weighted by Gasteiger charge is -2.32. The summed E-state index contributed by atoms with van der Waals surface area (Å²) in [4.78, 5) is 14.9. The van der Waals surface area contributed by atoms with E-state index in [-0.39, 0.29) is 29.3 Å². The summed E-state index contributed by atoms with van der Waals surface area (Å²) in [5.74, 6) is -0.163. The van der Waals surface area contributed by atoms with E-state index in [1.807, 2.05) is 0 Å². The van der Waals surface area contributed by atoms with Crippen molar-refractivity contribution in [2.75, 3.05) is 18.8 Å². The Balaban J connectivity index is 2.24. The average molecular weight is 301 g/mol. The number of rotatable bonds is 3. The van der Waals surface area contributed by atoms with Crippen LogP contribution in [-0.2, 0) is 21.9 Å². The summed E-state index contributed by atoms with van der Waals surface area (Å²) >= 11 is 0. The van der Waals surface area contributed by atoms with E-state index < -0.39 is 10.0 Å². The van der Waals surface area contributed by atoms with E-state index in [1.165, 1.54) is 22.1 Å². The number of hydrogen-bond acceptors (Lipinski definition) is 5. The smallest absolute Gasteiger partial charge is 0.262 e. The van der Waals surface area contributed by atoms with Gasteiger partial charge in [0.15, 0.2) is 10.8 Å². The van der Waals surface area contributed by atoms with Gasteiger partial charge in [-0.1, -0.05) is 0 Å². The number of amides is 1. The van der Waals surface area contributed by atoms with E-state index in [0.717, 1.165) is 6.42 Å². The van der Waals surface area contributed by atoms with E-state index in [2.05, 4.69) is 10.3 Å². The maximum Gasteiger partial charge on any atom is 0.262 e. The number of carbonyl (C=O) groups excluding carboxylic acids is 1. The molecule has 1 amide bonds. The number of hydrogen-bond donors (Lipinski definition) is 2. The average Bonchev–Trinajstić information content (AvgIpc) is 2.69. The zero-order valence-electron chi connectivity index (χ0n) is 11.5. The Hall–Kier alpha value is -1.61. The minimum atomic E-state index is -3.69. The van der Waals surface area contributed by atoms with Crippen LogP contribution in [0.1, 0.15) is 19.8 Å². The van der Waals surface area contributed by atoms with Crippen molar-refractivity contribution >= 4 is 21.7 Å². The summed E-state index contributed by atoms with van der Waals surface area (Å²) in [6.07, 6.45) is 2.84. The molecule has 1 aromatic rings. The number of carbonyl (C=O) groups is 1. The molecule has 3 N–H and O–H groups in total. The van der Waals surface area contributed by atoms with Crippen molar-refractivity contribution < 1.29 is 13.2 Å². The Bertz CT molecular complexity index is 590. The molecule has 0 aromatic carbocycles. The number of aryl methyl sites for hydroxylation is 1. The van der Waals surface area contributed by atoms with Crippen LogP contribution in [0.5, 0.6) is 0 Å². The standard InChI is InChI=1S/C11H19N5O3S/c1-8(17)14-9-4-3-5-16(6-9)20(18,19)11-10(12)13-7-15(11)2/h7,9H,3-6,12H2,1-2H3,(H,14,17). The molecule has 8 nitrogen and oxygen atoms in total. The highest BCUT2D eigenvalue weighted by molar-refractivity contribution is 7.89. The van der Waals surface area contributed by atoms with E-state index in [0.29, 0.717) is 13.0 Å². The van der Waals surface area contributed by atoms with Gasteiger partial charge in [-0.2, -0.15) is 4.31 Å². The highest BCUT2D eigenvalue weighted by Gasteiger charge is 2.34. The van der Waals surface area contributed by atoms with Gasteiger partial charge in [-0.05, 0) is 12.8 Å². The summed E-state index contributed by atoms with van der Waals surface area (Å²) < 4.78 is 27.9. The van der Waals surface area contributed by atoms with Gasteiger partial charge in [0.1, 0.15) is 0 Å². The lowest BCUT2D eigenvalue weighted by Crippen LogP contribution is -2.49. The van der Waals surface area contributed by atoms with E-state index in [9.17, 15) is 13.2 Å². The van der Waals surface area contributed by atoms with Gasteiger partial charge in [0.05, 0.1) is 6.33 Å². The minimum absolute atomic E-state index is 0.000903. The van der Waals surface area contributed by atoms with Crippen LogP contribution in [-0.4, -0.2) is 47.3 Å². The number of nitrogens with two attached hydrogens (primary N) is 1. The van der Waals surface area contributed by atoms with Gasteiger partial charge in [-0.15, -0.1) is 0 Å². The molecule has 0 bridgehead atoms. The first kappa shape index (κ1) is 14.8. The number of aromatic nitrogens is 2. The fourth-order valence-corrected chi connectivity index (χ4v) is 4.16. The first-order valence-corrected chi connectivity index (χ1v) is 7.80. The molecule has 20 heavy (non-hydrogen) atoms. The van der Waals surface area contributed by atoms with Gasteiger partial charge >= 0.3 is 0 Å². The number of anilines is 1. The SMILES string of the molecule is CC(=O)NC1CCCN(S(=O)(=O)c2c(N)ncn2C)C1. The third-order valence-corrected chi connectivity index (χ3v) is 5.28. The molecule has 1 aliphatic rings. The van der Waals surface area contributed by atoms with Crippen LogP contribution in [0.15, 0.2) is 11.4 Å². The van der Waals surface area contributed by atoms with Gasteiger partial charge in [0.2, 0.25) is 5.91 Å². The van der Waals surface area contributed by atoms with Crippen molar-refractivity contribution in [3.05, 3.63) is 6.33 Å². The van der Waals surface area contributed by atoms with Crippen molar-refractivity contribution in [1.82, 2.24) is 19.2 Å². The van der Waals surface area contributed by atoms with Crippen molar-refractivity contribution in [3.8, 4) is 0 Å². The molecule has 1 saturated heterocycles. The van der Waals surface area contributed by atoms with Crippen molar-refractivity contribution in [2.45, 2.75) is 30.8 Å². The Labute approximate surface area is 118 Å². The van der Waals surface area contributed by atoms with Gasteiger partial charge in [0.25, 0.3) is 10.0 Å². The molecule has 0 saturated carbocycles. The summed E-state index contributed by atoms with van der Waals surface area (Å²) in [7, 11) is -2.10. The van der Waals surface area contributed by atoms with Crippen LogP contribution in [0, 0.1) is 0 Å². The zero-order valence-corrected chi connectivity index (χ0v) is 12.4. The third kappa shape index (κ3) is 2.78. The van der Waals surface area contributed by atoms with Crippen molar-refractivity contribution in [1.29, 1.82) is 0 Å². The highest BCUT2D eigenvalue weighted by Crippen LogP contribution is 2.23. The second-order valence-electron chi connectivity index (χ2n) is 4.95. The van der Waals surface area contributed by atoms with Gasteiger partial charge in [0, 0.05) is 33.1 Å². The largest absolute Gasteiger partial charge is 0.381 e. The lowest BCUT2D eigenvalue weighted by molar-refractivity contribution is -0.119. The van der Waals surface area contributed by atoms with Gasteiger partial charge in [-0.25, -0.2) is 13.4 Å². The molecule has 112 valence electrons. The molecule has 0 spiro atoms. The molecule has 1 fully saturated rings. The number of piperidine rings is 1. The summed E-state index contributed by atoms with van der Waals surface area (Å²) in [5.41, 5.74) is 5.64. The number of nitrogens with one attached hydrogen (secondary N) is 1. The quantitative estimate of drug-likeness (QED) is 0.766. The Morgan fingerprint density at radius 2 is 2.25 bits per heavy atom. The summed E-state index contributed by atoms with van der Waals surface area (Å²) in [6, 6.07) is -0.162. The van der Waals surface area contributed by atoms with E-state index in [4.69, 9.17) is 5.73 Å². The number of nitrogen functional groups attached to an aromatic ring is 1. The second-order valence-corrected chi connectivity index (χ2v) is 6.80. The van der Waals surface area contributed by atoms with E-state index in [1.54, 1.807) is 7.05 Å². The summed E-state index contributed by atoms with van der Waals surface area (Å²) in [5, 5.41) is 2.76. The van der Waals surface area contributed by atoms with Crippen LogP contribution in [0.2, 0.25) is 0 Å². The zero-order chi connectivity index (χ0) is 14.9. The summed E-state index contributed by atoms with van der Waals surface area (Å²) in [6.45, 7) is 2.10. The molecule has 1 unspecified atom stereocenters. The van der Waals surface area contributed by atoms with Gasteiger partial charge < -0.3 is 15.6 Å². The molecule has 2 heterocycles. The van der Waals surface area contributed by atoms with Crippen molar-refractivity contribution in [2.24, 2.45) is 7.05 Å². The molecule has 1 atom stereocenters. The van der Waals surface area contributed by atoms with Crippen LogP contribution >= 0.6 is 0 Å². The van der Waals surface area contributed by atoms with Crippen molar-refractivity contribution in [3.63, 3.8) is 0 Å². The highest BCUT2D eigenvalue weighted by atomic mass is 32.2. The van der Waals surface area contributed by atoms with Gasteiger partial charge in [-0.3, -0.25) is 4.79 Å². The fraction of sp³-hybridized carbons (Fsp3) is 0.636. The molecule has 1 aromatic heterocycles. The van der Waals surface area contributed by atoms with Crippen LogP contribution in [0.3, 0.4) is 0 Å². The first-order chi connectivity index (χ1) is 9.32. The first-order valence-electron chi connectivity index (χ1n) is 6.36. The van der Waals surface area contributed by atoms with Crippen LogP contribution < -0.4 is 11.1 Å². The Morgan fingerprint density at radius 1 is 1.55 bits per heavy atom. The molecule has 0 radical (unpaired) electrons. The fourth-order valence-electron chi connectivity index (χ4n) is 2.44. The number of nitrogens with zero attached hydrogens (tertiary/aromatic N) is 3. The number of sulfonamides is 1. The molecule has 0 aliphatic carbocycles. The predicted octanol–water partition coefficient (Wildman–Crippen LogP) is -0.708. The monoisotopic (exact) mass is 301 g/mol. The molecular weight excluding hydrogens is 282 g/mol. The molecule has 1 aliphatic heterocycles. The Morgan fingerprint density at radius 3 is 2.80 bits per heavy atom. The molecular formula is C11H19N5O3S. The predicted molar refractivity (Wildman–Crippen MR) is 73.2 cm³/mol. The maximum absolute atomic E-state index is 12.6. The lowest BCUT2D eigenvalue weighted by atomic mass is 10.1. The topological polar surface area (TPSA) is 110 Å². The second kappa shape index (κ2) is 5.41. The molecule has 9 heteroatoms. The Kier molecular flexibility index (Phi) is 4.00. The van der Waals surface area contributed by atoms with E-state index >= 15 is 0 Å². The normalized spacial score (nSPS) is 20.8.